The molecule has 13 heavy (non-hydrogen) atoms. The van der Waals surface area contributed by atoms with E-state index in [-0.39, 0.29) is 5.78 Å². The van der Waals surface area contributed by atoms with E-state index in [2.05, 4.69) is 15.9 Å². The molecule has 2 nitrogen and oxygen atoms in total. The molecule has 1 unspecified atom stereocenters. The van der Waals surface area contributed by atoms with Crippen molar-refractivity contribution in [2.45, 2.75) is 25.9 Å². The molecule has 1 atom stereocenters. The zero-order chi connectivity index (χ0) is 9.84. The Morgan fingerprint density at radius 2 is 2.38 bits per heavy atom. The van der Waals surface area contributed by atoms with E-state index in [4.69, 9.17) is 0 Å². The predicted octanol–water partition coefficient (Wildman–Crippen LogP) is 2.85. The first-order chi connectivity index (χ1) is 6.16. The summed E-state index contributed by atoms with van der Waals surface area (Å²) in [4.78, 5) is 11.5. The third kappa shape index (κ3) is 2.62. The van der Waals surface area contributed by atoms with Crippen molar-refractivity contribution in [3.8, 4) is 0 Å². The number of hydrogen-bond donors (Lipinski definition) is 1. The lowest BCUT2D eigenvalue weighted by molar-refractivity contribution is 0.0729. The van der Waals surface area contributed by atoms with Gasteiger partial charge in [0.1, 0.15) is 6.10 Å². The van der Waals surface area contributed by atoms with Crippen molar-refractivity contribution in [1.82, 2.24) is 0 Å². The number of ketones is 1. The summed E-state index contributed by atoms with van der Waals surface area (Å²) in [6, 6.07) is 0. The molecule has 0 aromatic carbocycles. The van der Waals surface area contributed by atoms with Crippen LogP contribution in [0.4, 0.5) is 0 Å². The summed E-state index contributed by atoms with van der Waals surface area (Å²) in [5.74, 6) is -0.185. The molecule has 1 aromatic rings. The van der Waals surface area contributed by atoms with E-state index in [1.165, 1.54) is 11.3 Å². The van der Waals surface area contributed by atoms with Crippen LogP contribution in [0.25, 0.3) is 0 Å². The van der Waals surface area contributed by atoms with Crippen LogP contribution in [0, 0.1) is 0 Å². The van der Waals surface area contributed by atoms with Gasteiger partial charge in [-0.15, -0.1) is 0 Å². The fourth-order valence-electron chi connectivity index (χ4n) is 1.04. The minimum absolute atomic E-state index is 0.185. The summed E-state index contributed by atoms with van der Waals surface area (Å²) >= 11 is 4.72. The second kappa shape index (κ2) is 4.88. The topological polar surface area (TPSA) is 37.3 Å². The van der Waals surface area contributed by atoms with E-state index in [1.807, 2.05) is 12.3 Å². The Hall–Kier alpha value is -0.190. The summed E-state index contributed by atoms with van der Waals surface area (Å²) in [5.41, 5.74) is 0.589. The molecular weight excluding hydrogens is 252 g/mol. The highest BCUT2D eigenvalue weighted by atomic mass is 79.9. The average molecular weight is 263 g/mol. The van der Waals surface area contributed by atoms with Gasteiger partial charge in [-0.2, -0.15) is 11.3 Å². The lowest BCUT2D eigenvalue weighted by Crippen LogP contribution is -2.19. The van der Waals surface area contributed by atoms with E-state index in [0.29, 0.717) is 12.0 Å². The fraction of sp³-hybridized carbons (Fsp3) is 0.444. The highest BCUT2D eigenvalue weighted by Crippen LogP contribution is 2.23. The van der Waals surface area contributed by atoms with Gasteiger partial charge in [-0.1, -0.05) is 13.3 Å². The molecule has 0 fully saturated rings. The first kappa shape index (κ1) is 10.9. The van der Waals surface area contributed by atoms with Crippen LogP contribution in [0.2, 0.25) is 0 Å². The van der Waals surface area contributed by atoms with Crippen LogP contribution in [0.15, 0.2) is 15.2 Å². The summed E-state index contributed by atoms with van der Waals surface area (Å²) in [6.07, 6.45) is 0.492. The Morgan fingerprint density at radius 3 is 2.85 bits per heavy atom. The van der Waals surface area contributed by atoms with E-state index in [1.54, 1.807) is 5.38 Å². The fourth-order valence-corrected chi connectivity index (χ4v) is 2.52. The number of carbonyl (C=O) groups is 1. The van der Waals surface area contributed by atoms with Crippen LogP contribution in [0.1, 0.15) is 30.1 Å². The zero-order valence-electron chi connectivity index (χ0n) is 7.29. The summed E-state index contributed by atoms with van der Waals surface area (Å²) < 4.78 is 0.776. The normalized spacial score (nSPS) is 12.8. The molecule has 0 bridgehead atoms. The van der Waals surface area contributed by atoms with Gasteiger partial charge in [0.2, 0.25) is 0 Å². The van der Waals surface area contributed by atoms with Gasteiger partial charge in [-0.05, 0) is 22.4 Å². The van der Waals surface area contributed by atoms with Gasteiger partial charge in [-0.3, -0.25) is 4.79 Å². The van der Waals surface area contributed by atoms with Crippen molar-refractivity contribution < 1.29 is 9.90 Å². The standard InChI is InChI=1S/C9H11BrO2S/c1-2-3-8(11)9(12)6-4-13-5-7(6)10/h4-5,8,11H,2-3H2,1H3. The van der Waals surface area contributed by atoms with Crippen molar-refractivity contribution in [3.63, 3.8) is 0 Å². The molecule has 72 valence electrons. The summed E-state index contributed by atoms with van der Waals surface area (Å²) in [5, 5.41) is 13.0. The van der Waals surface area contributed by atoms with Crippen molar-refractivity contribution in [1.29, 1.82) is 0 Å². The number of hydrogen-bond acceptors (Lipinski definition) is 3. The number of thiophene rings is 1. The van der Waals surface area contributed by atoms with Crippen LogP contribution < -0.4 is 0 Å². The number of aliphatic hydroxyl groups is 1. The van der Waals surface area contributed by atoms with Gasteiger partial charge in [-0.25, -0.2) is 0 Å². The molecular formula is C9H11BrO2S. The lowest BCUT2D eigenvalue weighted by Gasteiger charge is -2.06. The maximum absolute atomic E-state index is 11.5. The van der Waals surface area contributed by atoms with Crippen molar-refractivity contribution >= 4 is 33.0 Å². The molecule has 1 rings (SSSR count). The Morgan fingerprint density at radius 1 is 1.69 bits per heavy atom. The number of halogens is 1. The predicted molar refractivity (Wildman–Crippen MR) is 57.3 cm³/mol. The van der Waals surface area contributed by atoms with E-state index in [0.717, 1.165) is 10.9 Å². The molecule has 0 saturated carbocycles. The third-order valence-electron chi connectivity index (χ3n) is 1.74. The van der Waals surface area contributed by atoms with Gasteiger partial charge in [0.05, 0.1) is 0 Å². The van der Waals surface area contributed by atoms with Crippen molar-refractivity contribution in [2.24, 2.45) is 0 Å². The van der Waals surface area contributed by atoms with E-state index >= 15 is 0 Å². The maximum Gasteiger partial charge on any atom is 0.193 e. The summed E-state index contributed by atoms with van der Waals surface area (Å²) in [6.45, 7) is 1.94. The van der Waals surface area contributed by atoms with Gasteiger partial charge in [0.25, 0.3) is 0 Å². The first-order valence-corrected chi connectivity index (χ1v) is 5.84. The molecule has 0 aliphatic carbocycles. The highest BCUT2D eigenvalue weighted by Gasteiger charge is 2.18. The van der Waals surface area contributed by atoms with Gasteiger partial charge < -0.3 is 5.11 Å². The largest absolute Gasteiger partial charge is 0.385 e. The SMILES string of the molecule is CCCC(O)C(=O)c1cscc1Br. The molecule has 0 radical (unpaired) electrons. The minimum atomic E-state index is -0.851. The quantitative estimate of drug-likeness (QED) is 0.848. The van der Waals surface area contributed by atoms with Gasteiger partial charge in [0.15, 0.2) is 5.78 Å². The molecule has 1 heterocycles. The molecule has 0 aliphatic heterocycles. The van der Waals surface area contributed by atoms with E-state index < -0.39 is 6.10 Å². The Balaban J connectivity index is 2.73. The highest BCUT2D eigenvalue weighted by molar-refractivity contribution is 9.10. The molecule has 1 N–H and O–H groups in total. The second-order valence-corrected chi connectivity index (χ2v) is 4.40. The monoisotopic (exact) mass is 262 g/mol. The number of carbonyl (C=O) groups excluding carboxylic acids is 1. The van der Waals surface area contributed by atoms with Crippen LogP contribution in [-0.2, 0) is 0 Å². The first-order valence-electron chi connectivity index (χ1n) is 4.10. The lowest BCUT2D eigenvalue weighted by atomic mass is 10.1. The molecule has 1 aromatic heterocycles. The number of Topliss-reactive ketones (excluding diaryl/α,β-unsaturated/α-hetero) is 1. The number of aliphatic hydroxyl groups excluding tert-OH is 1. The van der Waals surface area contributed by atoms with Gasteiger partial charge in [0, 0.05) is 20.8 Å². The average Bonchev–Trinajstić information content (AvgIpc) is 2.50. The Bertz CT molecular complexity index is 296. The minimum Gasteiger partial charge on any atom is -0.385 e. The van der Waals surface area contributed by atoms with Crippen molar-refractivity contribution in [2.75, 3.05) is 0 Å². The third-order valence-corrected chi connectivity index (χ3v) is 3.45. The summed E-state index contributed by atoms with van der Waals surface area (Å²) in [7, 11) is 0. The number of rotatable bonds is 4. The zero-order valence-corrected chi connectivity index (χ0v) is 9.69. The molecule has 4 heteroatoms. The molecule has 0 saturated heterocycles. The molecule has 0 amide bonds. The Labute approximate surface area is 89.7 Å². The van der Waals surface area contributed by atoms with Crippen LogP contribution >= 0.6 is 27.3 Å². The van der Waals surface area contributed by atoms with Crippen LogP contribution in [0.3, 0.4) is 0 Å². The van der Waals surface area contributed by atoms with Crippen LogP contribution in [0.5, 0.6) is 0 Å². The van der Waals surface area contributed by atoms with Crippen LogP contribution in [-0.4, -0.2) is 17.0 Å². The Kier molecular flexibility index (Phi) is 4.09. The smallest absolute Gasteiger partial charge is 0.193 e. The van der Waals surface area contributed by atoms with Gasteiger partial charge >= 0.3 is 0 Å². The van der Waals surface area contributed by atoms with Crippen molar-refractivity contribution in [3.05, 3.63) is 20.8 Å². The van der Waals surface area contributed by atoms with E-state index in [9.17, 15) is 9.90 Å². The molecule has 0 aliphatic rings. The maximum atomic E-state index is 11.5. The second-order valence-electron chi connectivity index (χ2n) is 2.80. The molecule has 0 spiro atoms.